The maximum absolute atomic E-state index is 12.6. The second-order valence-corrected chi connectivity index (χ2v) is 7.89. The number of benzene rings is 3. The molecule has 3 aromatic carbocycles. The molecule has 1 unspecified atom stereocenters. The van der Waals surface area contributed by atoms with Gasteiger partial charge in [0.15, 0.2) is 5.78 Å². The van der Waals surface area contributed by atoms with Gasteiger partial charge in [-0.3, -0.25) is 9.59 Å². The van der Waals surface area contributed by atoms with Crippen LogP contribution >= 0.6 is 0 Å². The van der Waals surface area contributed by atoms with E-state index in [1.165, 1.54) is 0 Å². The summed E-state index contributed by atoms with van der Waals surface area (Å²) in [4.78, 5) is 23.7. The third-order valence-electron chi connectivity index (χ3n) is 5.46. The maximum Gasteiger partial charge on any atom is 0.310 e. The average molecular weight is 447 g/mol. The zero-order chi connectivity index (χ0) is 23.3. The number of hydrogen-bond donors (Lipinski definition) is 1. The molecule has 0 radical (unpaired) electrons. The van der Waals surface area contributed by atoms with E-state index in [2.05, 4.69) is 24.3 Å². The molecule has 172 valence electrons. The average Bonchev–Trinajstić information content (AvgIpc) is 2.84. The minimum absolute atomic E-state index is 0.0884. The Kier molecular flexibility index (Phi) is 9.83. The molecule has 0 aliphatic heterocycles. The summed E-state index contributed by atoms with van der Waals surface area (Å²) < 4.78 is 11.5. The Morgan fingerprint density at radius 3 is 1.82 bits per heavy atom. The van der Waals surface area contributed by atoms with Crippen molar-refractivity contribution in [1.82, 2.24) is 0 Å². The molecule has 0 aliphatic carbocycles. The molecule has 1 atom stereocenters. The largest absolute Gasteiger partial charge is 0.481 e. The zero-order valence-corrected chi connectivity index (χ0v) is 18.6. The molecule has 0 aliphatic rings. The van der Waals surface area contributed by atoms with E-state index in [-0.39, 0.29) is 12.5 Å². The van der Waals surface area contributed by atoms with Crippen LogP contribution in [0, 0.1) is 0 Å². The number of carboxylic acid groups (broad SMARTS) is 1. The maximum atomic E-state index is 12.6. The minimum atomic E-state index is -1.14. The fourth-order valence-corrected chi connectivity index (χ4v) is 3.83. The third kappa shape index (κ3) is 8.29. The number of carbonyl (C=O) groups excluding carboxylic acids is 1. The van der Waals surface area contributed by atoms with Gasteiger partial charge in [-0.2, -0.15) is 0 Å². The number of ketones is 1. The molecular weight excluding hydrogens is 416 g/mol. The predicted molar refractivity (Wildman–Crippen MR) is 127 cm³/mol. The van der Waals surface area contributed by atoms with E-state index in [1.54, 1.807) is 0 Å². The van der Waals surface area contributed by atoms with Gasteiger partial charge in [-0.25, -0.2) is 0 Å². The van der Waals surface area contributed by atoms with E-state index in [0.29, 0.717) is 26.1 Å². The van der Waals surface area contributed by atoms with Gasteiger partial charge in [0.2, 0.25) is 0 Å². The highest BCUT2D eigenvalue weighted by atomic mass is 16.5. The van der Waals surface area contributed by atoms with E-state index >= 15 is 0 Å². The summed E-state index contributed by atoms with van der Waals surface area (Å²) in [5.74, 6) is -1.47. The van der Waals surface area contributed by atoms with Gasteiger partial charge in [0.05, 0.1) is 19.8 Å². The summed E-state index contributed by atoms with van der Waals surface area (Å²) in [6, 6.07) is 30.0. The first-order valence-electron chi connectivity index (χ1n) is 11.2. The Labute approximate surface area is 195 Å². The first-order valence-corrected chi connectivity index (χ1v) is 11.2. The van der Waals surface area contributed by atoms with Crippen LogP contribution in [0.15, 0.2) is 91.0 Å². The van der Waals surface area contributed by atoms with E-state index in [9.17, 15) is 9.59 Å². The van der Waals surface area contributed by atoms with Gasteiger partial charge in [-0.15, -0.1) is 0 Å². The molecule has 0 saturated carbocycles. The summed E-state index contributed by atoms with van der Waals surface area (Å²) in [6.45, 7) is 1.01. The lowest BCUT2D eigenvalue weighted by molar-refractivity contribution is -0.144. The van der Waals surface area contributed by atoms with Crippen molar-refractivity contribution in [3.05, 3.63) is 108 Å². The van der Waals surface area contributed by atoms with E-state index in [0.717, 1.165) is 16.7 Å². The van der Waals surface area contributed by atoms with Gasteiger partial charge in [-0.1, -0.05) is 91.0 Å². The molecule has 0 aromatic heterocycles. The van der Waals surface area contributed by atoms with Crippen LogP contribution in [0.3, 0.4) is 0 Å². The molecule has 0 fully saturated rings. The molecule has 1 N–H and O–H groups in total. The Morgan fingerprint density at radius 2 is 1.27 bits per heavy atom. The summed E-state index contributed by atoms with van der Waals surface area (Å²) in [5, 5.41) is 9.10. The lowest BCUT2D eigenvalue weighted by atomic mass is 9.86. The van der Waals surface area contributed by atoms with Gasteiger partial charge in [0, 0.05) is 5.92 Å². The number of hydrogen-bond acceptors (Lipinski definition) is 4. The van der Waals surface area contributed by atoms with Crippen LogP contribution in [0.5, 0.6) is 0 Å². The van der Waals surface area contributed by atoms with Gasteiger partial charge in [0.25, 0.3) is 0 Å². The van der Waals surface area contributed by atoms with Gasteiger partial charge >= 0.3 is 5.97 Å². The van der Waals surface area contributed by atoms with Gasteiger partial charge in [0.1, 0.15) is 12.5 Å². The first kappa shape index (κ1) is 24.4. The topological polar surface area (TPSA) is 72.8 Å². The van der Waals surface area contributed by atoms with Crippen molar-refractivity contribution in [2.45, 2.75) is 37.9 Å². The second kappa shape index (κ2) is 13.3. The Hall–Kier alpha value is -3.28. The number of ether oxygens (including phenoxy) is 2. The van der Waals surface area contributed by atoms with Crippen molar-refractivity contribution in [3.63, 3.8) is 0 Å². The Balaban J connectivity index is 1.60. The second-order valence-electron chi connectivity index (χ2n) is 7.89. The van der Waals surface area contributed by atoms with Crippen LogP contribution in [0.2, 0.25) is 0 Å². The SMILES string of the molecule is O=C(O)CC(=O)C(CCC(c1ccccc1)c1ccccc1)OCCOCc1ccccc1. The smallest absolute Gasteiger partial charge is 0.310 e. The number of carbonyl (C=O) groups is 2. The summed E-state index contributed by atoms with van der Waals surface area (Å²) in [6.07, 6.45) is -0.234. The number of rotatable bonds is 14. The molecule has 0 heterocycles. The highest BCUT2D eigenvalue weighted by molar-refractivity contribution is 5.97. The molecular formula is C28H30O5. The monoisotopic (exact) mass is 446 g/mol. The number of carboxylic acids is 1. The molecule has 5 nitrogen and oxygen atoms in total. The van der Waals surface area contributed by atoms with Crippen molar-refractivity contribution in [2.75, 3.05) is 13.2 Å². The van der Waals surface area contributed by atoms with Crippen LogP contribution in [0.4, 0.5) is 0 Å². The minimum Gasteiger partial charge on any atom is -0.481 e. The standard InChI is InChI=1S/C28H30O5/c29-26(20-28(30)31)27(33-19-18-32-21-22-10-4-1-5-11-22)17-16-25(23-12-6-2-7-13-23)24-14-8-3-9-15-24/h1-15,25,27H,16-21H2,(H,30,31). The van der Waals surface area contributed by atoms with Crippen LogP contribution in [0.25, 0.3) is 0 Å². The highest BCUT2D eigenvalue weighted by Gasteiger charge is 2.24. The van der Waals surface area contributed by atoms with Crippen molar-refractivity contribution >= 4 is 11.8 Å². The lowest BCUT2D eigenvalue weighted by Crippen LogP contribution is -2.28. The molecule has 5 heteroatoms. The third-order valence-corrected chi connectivity index (χ3v) is 5.46. The van der Waals surface area contributed by atoms with Crippen molar-refractivity contribution in [1.29, 1.82) is 0 Å². The first-order chi connectivity index (χ1) is 16.1. The molecule has 3 rings (SSSR count). The number of Topliss-reactive ketones (excluding diaryl/α,β-unsaturated/α-hetero) is 1. The molecule has 3 aromatic rings. The lowest BCUT2D eigenvalue weighted by Gasteiger charge is -2.22. The molecule has 0 spiro atoms. The zero-order valence-electron chi connectivity index (χ0n) is 18.6. The molecule has 33 heavy (non-hydrogen) atoms. The van der Waals surface area contributed by atoms with Crippen LogP contribution in [-0.4, -0.2) is 36.2 Å². The summed E-state index contributed by atoms with van der Waals surface area (Å²) in [7, 11) is 0. The normalized spacial score (nSPS) is 11.9. The van der Waals surface area contributed by atoms with Crippen molar-refractivity contribution < 1.29 is 24.2 Å². The predicted octanol–water partition coefficient (Wildman–Crippen LogP) is 5.24. The van der Waals surface area contributed by atoms with Crippen molar-refractivity contribution in [2.24, 2.45) is 0 Å². The van der Waals surface area contributed by atoms with Gasteiger partial charge in [-0.05, 0) is 29.5 Å². The van der Waals surface area contributed by atoms with Gasteiger partial charge < -0.3 is 14.6 Å². The Morgan fingerprint density at radius 1 is 0.727 bits per heavy atom. The van der Waals surface area contributed by atoms with E-state index in [4.69, 9.17) is 14.6 Å². The van der Waals surface area contributed by atoms with Crippen molar-refractivity contribution in [3.8, 4) is 0 Å². The van der Waals surface area contributed by atoms with Crippen LogP contribution < -0.4 is 0 Å². The number of aliphatic carboxylic acids is 1. The fourth-order valence-electron chi connectivity index (χ4n) is 3.83. The highest BCUT2D eigenvalue weighted by Crippen LogP contribution is 2.30. The van der Waals surface area contributed by atoms with E-state index < -0.39 is 24.3 Å². The summed E-state index contributed by atoms with van der Waals surface area (Å²) >= 11 is 0. The van der Waals surface area contributed by atoms with E-state index in [1.807, 2.05) is 66.7 Å². The Bertz CT molecular complexity index is 933. The fraction of sp³-hybridized carbons (Fsp3) is 0.286. The summed E-state index contributed by atoms with van der Waals surface area (Å²) in [5.41, 5.74) is 3.36. The van der Waals surface area contributed by atoms with Crippen LogP contribution in [-0.2, 0) is 25.7 Å². The molecule has 0 saturated heterocycles. The molecule has 0 bridgehead atoms. The quantitative estimate of drug-likeness (QED) is 0.271. The van der Waals surface area contributed by atoms with Crippen LogP contribution in [0.1, 0.15) is 41.9 Å². The molecule has 0 amide bonds.